The molecule has 5 nitrogen and oxygen atoms in total. The monoisotopic (exact) mass is 156 g/mol. The molecule has 0 amide bonds. The fourth-order valence-electron chi connectivity index (χ4n) is 1.18. The van der Waals surface area contributed by atoms with Crippen LogP contribution in [0, 0.1) is 0 Å². The van der Waals surface area contributed by atoms with E-state index < -0.39 is 0 Å². The lowest BCUT2D eigenvalue weighted by molar-refractivity contribution is 0.0839. The summed E-state index contributed by atoms with van der Waals surface area (Å²) in [7, 11) is 0. The first-order chi connectivity index (χ1) is 5.33. The van der Waals surface area contributed by atoms with E-state index >= 15 is 0 Å². The number of nitrogens with zero attached hydrogens (tertiary/aromatic N) is 4. The van der Waals surface area contributed by atoms with E-state index in [-0.39, 0.29) is 6.10 Å². The molecule has 0 unspecified atom stereocenters. The minimum Gasteiger partial charge on any atom is -0.393 e. The number of hydrogen-bond donors (Lipinski definition) is 1. The molecule has 0 atom stereocenters. The van der Waals surface area contributed by atoms with Crippen LogP contribution < -0.4 is 0 Å². The molecule has 1 aliphatic rings. The molecule has 5 heteroatoms. The van der Waals surface area contributed by atoms with E-state index in [2.05, 4.69) is 10.0 Å². The molecule has 1 rings (SSSR count). The van der Waals surface area contributed by atoms with Gasteiger partial charge >= 0.3 is 0 Å². The van der Waals surface area contributed by atoms with E-state index in [1.807, 2.05) is 4.90 Å². The van der Waals surface area contributed by atoms with Gasteiger partial charge in [-0.2, -0.15) is 0 Å². The van der Waals surface area contributed by atoms with E-state index in [0.717, 1.165) is 25.9 Å². The predicted molar refractivity (Wildman–Crippen MR) is 40.8 cm³/mol. The number of aliphatic hydroxyl groups excluding tert-OH is 1. The second kappa shape index (κ2) is 4.18. The predicted octanol–water partition coefficient (Wildman–Crippen LogP) is 0.711. The highest BCUT2D eigenvalue weighted by Gasteiger charge is 2.15. The Morgan fingerprint density at radius 2 is 2.18 bits per heavy atom. The van der Waals surface area contributed by atoms with Crippen molar-refractivity contribution in [1.82, 2.24) is 4.90 Å². The van der Waals surface area contributed by atoms with Gasteiger partial charge in [0.05, 0.1) is 12.8 Å². The minimum absolute atomic E-state index is 0.155. The summed E-state index contributed by atoms with van der Waals surface area (Å²) in [6, 6.07) is 0. The molecule has 0 radical (unpaired) electrons. The Labute approximate surface area is 65.2 Å². The summed E-state index contributed by atoms with van der Waals surface area (Å²) in [5.41, 5.74) is 8.03. The van der Waals surface area contributed by atoms with E-state index in [0.29, 0.717) is 6.67 Å². The summed E-state index contributed by atoms with van der Waals surface area (Å²) >= 11 is 0. The number of rotatable bonds is 2. The van der Waals surface area contributed by atoms with Crippen LogP contribution in [0.25, 0.3) is 10.4 Å². The summed E-state index contributed by atoms with van der Waals surface area (Å²) in [4.78, 5) is 4.70. The molecule has 0 aromatic carbocycles. The van der Waals surface area contributed by atoms with Gasteiger partial charge in [0.1, 0.15) is 0 Å². The number of azide groups is 1. The van der Waals surface area contributed by atoms with Crippen LogP contribution in [0.4, 0.5) is 0 Å². The number of piperidine rings is 1. The molecule has 1 aliphatic heterocycles. The maximum Gasteiger partial charge on any atom is 0.0774 e. The molecule has 0 aromatic heterocycles. The molecule has 62 valence electrons. The number of hydrogen-bond acceptors (Lipinski definition) is 3. The fraction of sp³-hybridized carbons (Fsp3) is 1.00. The normalized spacial score (nSPS) is 21.2. The minimum atomic E-state index is -0.155. The third kappa shape index (κ3) is 2.76. The van der Waals surface area contributed by atoms with Crippen LogP contribution >= 0.6 is 0 Å². The smallest absolute Gasteiger partial charge is 0.0774 e. The highest BCUT2D eigenvalue weighted by molar-refractivity contribution is 4.70. The first-order valence-corrected chi connectivity index (χ1v) is 3.74. The topological polar surface area (TPSA) is 72.2 Å². The Morgan fingerprint density at radius 3 is 2.73 bits per heavy atom. The van der Waals surface area contributed by atoms with Crippen LogP contribution in [0.5, 0.6) is 0 Å². The summed E-state index contributed by atoms with van der Waals surface area (Å²) in [6.07, 6.45) is 1.43. The lowest BCUT2D eigenvalue weighted by Crippen LogP contribution is -2.35. The first kappa shape index (κ1) is 8.33. The molecule has 0 aromatic rings. The molecule has 0 spiro atoms. The van der Waals surface area contributed by atoms with Crippen molar-refractivity contribution in [2.24, 2.45) is 5.11 Å². The standard InChI is InChI=1S/C6H12N4O/c7-9-8-5-10-3-1-6(11)2-4-10/h6,11H,1-5H2. The Bertz CT molecular complexity index is 158. The van der Waals surface area contributed by atoms with Gasteiger partial charge in [0.15, 0.2) is 0 Å². The average molecular weight is 156 g/mol. The van der Waals surface area contributed by atoms with Gasteiger partial charge in [-0.3, -0.25) is 4.90 Å². The van der Waals surface area contributed by atoms with Crippen LogP contribution in [-0.4, -0.2) is 35.9 Å². The van der Waals surface area contributed by atoms with Gasteiger partial charge in [-0.05, 0) is 18.4 Å². The van der Waals surface area contributed by atoms with Crippen molar-refractivity contribution < 1.29 is 5.11 Å². The highest BCUT2D eigenvalue weighted by Crippen LogP contribution is 2.08. The van der Waals surface area contributed by atoms with E-state index in [1.165, 1.54) is 0 Å². The largest absolute Gasteiger partial charge is 0.393 e. The molecule has 1 heterocycles. The summed E-state index contributed by atoms with van der Waals surface area (Å²) in [5.74, 6) is 0. The summed E-state index contributed by atoms with van der Waals surface area (Å²) in [6.45, 7) is 2.10. The molecule has 0 aliphatic carbocycles. The van der Waals surface area contributed by atoms with Gasteiger partial charge in [0.2, 0.25) is 0 Å². The average Bonchev–Trinajstić information content (AvgIpc) is 2.04. The van der Waals surface area contributed by atoms with Crippen molar-refractivity contribution in [1.29, 1.82) is 0 Å². The number of likely N-dealkylation sites (tertiary alicyclic amines) is 1. The van der Waals surface area contributed by atoms with Gasteiger partial charge in [-0.25, -0.2) is 0 Å². The van der Waals surface area contributed by atoms with Crippen molar-refractivity contribution >= 4 is 0 Å². The van der Waals surface area contributed by atoms with E-state index in [9.17, 15) is 0 Å². The zero-order valence-electron chi connectivity index (χ0n) is 6.35. The molecule has 1 N–H and O–H groups in total. The van der Waals surface area contributed by atoms with Crippen LogP contribution in [0.1, 0.15) is 12.8 Å². The summed E-state index contributed by atoms with van der Waals surface area (Å²) in [5, 5.41) is 12.6. The van der Waals surface area contributed by atoms with Gasteiger partial charge in [0, 0.05) is 18.0 Å². The first-order valence-electron chi connectivity index (χ1n) is 3.74. The van der Waals surface area contributed by atoms with Crippen LogP contribution in [0.2, 0.25) is 0 Å². The third-order valence-corrected chi connectivity index (χ3v) is 1.88. The van der Waals surface area contributed by atoms with Gasteiger partial charge < -0.3 is 5.11 Å². The molecule has 1 fully saturated rings. The highest BCUT2D eigenvalue weighted by atomic mass is 16.3. The Morgan fingerprint density at radius 1 is 1.55 bits per heavy atom. The van der Waals surface area contributed by atoms with Crippen LogP contribution in [-0.2, 0) is 0 Å². The number of aliphatic hydroxyl groups is 1. The zero-order valence-corrected chi connectivity index (χ0v) is 6.35. The van der Waals surface area contributed by atoms with E-state index in [4.69, 9.17) is 10.6 Å². The van der Waals surface area contributed by atoms with Crippen molar-refractivity contribution in [3.05, 3.63) is 10.4 Å². The van der Waals surface area contributed by atoms with Crippen LogP contribution in [0.3, 0.4) is 0 Å². The molecule has 0 saturated carbocycles. The maximum atomic E-state index is 9.12. The molecular weight excluding hydrogens is 144 g/mol. The van der Waals surface area contributed by atoms with E-state index in [1.54, 1.807) is 0 Å². The van der Waals surface area contributed by atoms with Crippen molar-refractivity contribution in [3.63, 3.8) is 0 Å². The molecule has 11 heavy (non-hydrogen) atoms. The van der Waals surface area contributed by atoms with Crippen molar-refractivity contribution in [2.75, 3.05) is 19.8 Å². The second-order valence-corrected chi connectivity index (χ2v) is 2.72. The van der Waals surface area contributed by atoms with Gasteiger partial charge in [-0.1, -0.05) is 5.11 Å². The zero-order chi connectivity index (χ0) is 8.10. The third-order valence-electron chi connectivity index (χ3n) is 1.88. The van der Waals surface area contributed by atoms with Crippen LogP contribution in [0.15, 0.2) is 5.11 Å². The maximum absolute atomic E-state index is 9.12. The quantitative estimate of drug-likeness (QED) is 0.363. The lowest BCUT2D eigenvalue weighted by Gasteiger charge is -2.27. The van der Waals surface area contributed by atoms with Gasteiger partial charge in [0.25, 0.3) is 0 Å². The van der Waals surface area contributed by atoms with Crippen molar-refractivity contribution in [3.8, 4) is 0 Å². The van der Waals surface area contributed by atoms with Gasteiger partial charge in [-0.15, -0.1) is 0 Å². The lowest BCUT2D eigenvalue weighted by atomic mass is 10.1. The Hall–Kier alpha value is -0.770. The fourth-order valence-corrected chi connectivity index (χ4v) is 1.18. The Kier molecular flexibility index (Phi) is 3.16. The molecule has 1 saturated heterocycles. The van der Waals surface area contributed by atoms with Crippen molar-refractivity contribution in [2.45, 2.75) is 18.9 Å². The summed E-state index contributed by atoms with van der Waals surface area (Å²) < 4.78 is 0. The Balaban J connectivity index is 2.22. The SMILES string of the molecule is [N-]=[N+]=NCN1CCC(O)CC1. The molecule has 0 bridgehead atoms. The molecular formula is C6H12N4O. The second-order valence-electron chi connectivity index (χ2n) is 2.72.